The lowest BCUT2D eigenvalue weighted by Gasteiger charge is -2.60. The van der Waals surface area contributed by atoms with Crippen LogP contribution in [0.2, 0.25) is 0 Å². The third-order valence-corrected chi connectivity index (χ3v) is 10.7. The summed E-state index contributed by atoms with van der Waals surface area (Å²) >= 11 is 0. The van der Waals surface area contributed by atoms with E-state index in [9.17, 15) is 15.0 Å². The number of phenols is 1. The highest BCUT2D eigenvalue weighted by atomic mass is 16.6. The maximum atomic E-state index is 12.5. The normalized spacial score (nSPS) is 42.4. The fraction of sp³-hybridized carbons (Fsp3) is 0.645. The molecule has 0 saturated heterocycles. The number of rotatable bonds is 6. The number of phenolic OH excluding ortho intramolecular Hbond substituents is 1. The first-order valence-corrected chi connectivity index (χ1v) is 13.6. The van der Waals surface area contributed by atoms with Crippen molar-refractivity contribution in [1.82, 2.24) is 0 Å². The second-order valence-electron chi connectivity index (χ2n) is 12.5. The second kappa shape index (κ2) is 8.88. The SMILES string of the molecule is C=CCC1C=C2CC(O)(OCc3ccc(O)cc3)CCC2(C)C2CCC3(C)C(C(C)=O)CCC3C12. The lowest BCUT2D eigenvalue weighted by atomic mass is 9.45. The van der Waals surface area contributed by atoms with Gasteiger partial charge in [-0.05, 0) is 97.6 Å². The fourth-order valence-electron chi connectivity index (χ4n) is 8.80. The number of fused-ring (bicyclic) bond motifs is 5. The van der Waals surface area contributed by atoms with Crippen LogP contribution in [0.1, 0.15) is 77.7 Å². The summed E-state index contributed by atoms with van der Waals surface area (Å²) in [5.41, 5.74) is 2.50. The Morgan fingerprint density at radius 2 is 1.86 bits per heavy atom. The van der Waals surface area contributed by atoms with Gasteiger partial charge in [0.25, 0.3) is 0 Å². The molecule has 4 aliphatic rings. The number of aliphatic hydroxyl groups is 1. The molecule has 1 aromatic rings. The minimum absolute atomic E-state index is 0.0755. The van der Waals surface area contributed by atoms with E-state index in [-0.39, 0.29) is 22.5 Å². The molecule has 0 heterocycles. The Hall–Kier alpha value is -1.91. The molecule has 4 nitrogen and oxygen atoms in total. The Bertz CT molecular complexity index is 1010. The number of benzene rings is 1. The Balaban J connectivity index is 1.41. The van der Waals surface area contributed by atoms with Crippen LogP contribution in [-0.4, -0.2) is 21.8 Å². The van der Waals surface area contributed by atoms with Gasteiger partial charge in [-0.25, -0.2) is 0 Å². The van der Waals surface area contributed by atoms with Crippen molar-refractivity contribution in [2.24, 2.45) is 40.4 Å². The van der Waals surface area contributed by atoms with Crippen LogP contribution in [0.15, 0.2) is 48.6 Å². The highest BCUT2D eigenvalue weighted by Crippen LogP contribution is 2.68. The van der Waals surface area contributed by atoms with Gasteiger partial charge in [0, 0.05) is 18.8 Å². The van der Waals surface area contributed by atoms with Crippen LogP contribution in [0.5, 0.6) is 5.75 Å². The quantitative estimate of drug-likeness (QED) is 0.359. The number of ether oxygens (including phenoxy) is 1. The average Bonchev–Trinajstić information content (AvgIpc) is 3.17. The smallest absolute Gasteiger partial charge is 0.169 e. The van der Waals surface area contributed by atoms with E-state index in [1.165, 1.54) is 5.57 Å². The number of allylic oxidation sites excluding steroid dienone is 2. The van der Waals surface area contributed by atoms with Crippen LogP contribution in [0.4, 0.5) is 0 Å². The van der Waals surface area contributed by atoms with Crippen molar-refractivity contribution in [3.8, 4) is 5.75 Å². The third-order valence-electron chi connectivity index (χ3n) is 10.7. The van der Waals surface area contributed by atoms with E-state index in [1.54, 1.807) is 19.1 Å². The summed E-state index contributed by atoms with van der Waals surface area (Å²) in [5, 5.41) is 21.0. The van der Waals surface area contributed by atoms with Crippen molar-refractivity contribution < 1.29 is 19.7 Å². The van der Waals surface area contributed by atoms with Crippen molar-refractivity contribution in [2.45, 2.75) is 84.5 Å². The number of Topliss-reactive ketones (excluding diaryl/α,β-unsaturated/α-hetero) is 1. The molecular weight excluding hydrogens is 436 g/mol. The lowest BCUT2D eigenvalue weighted by molar-refractivity contribution is -0.232. The molecule has 0 amide bonds. The fourth-order valence-corrected chi connectivity index (χ4v) is 8.80. The minimum Gasteiger partial charge on any atom is -0.508 e. The van der Waals surface area contributed by atoms with Gasteiger partial charge in [0.15, 0.2) is 5.79 Å². The summed E-state index contributed by atoms with van der Waals surface area (Å²) in [6, 6.07) is 6.98. The van der Waals surface area contributed by atoms with Gasteiger partial charge >= 0.3 is 0 Å². The van der Waals surface area contributed by atoms with Gasteiger partial charge < -0.3 is 14.9 Å². The van der Waals surface area contributed by atoms with Crippen LogP contribution in [0.25, 0.3) is 0 Å². The average molecular weight is 479 g/mol. The monoisotopic (exact) mass is 478 g/mol. The van der Waals surface area contributed by atoms with E-state index < -0.39 is 5.79 Å². The molecule has 0 aromatic heterocycles. The number of ketones is 1. The molecule has 0 aliphatic heterocycles. The highest BCUT2D eigenvalue weighted by Gasteiger charge is 2.62. The van der Waals surface area contributed by atoms with Gasteiger partial charge in [-0.15, -0.1) is 6.58 Å². The van der Waals surface area contributed by atoms with E-state index in [2.05, 4.69) is 32.6 Å². The minimum atomic E-state index is -1.16. The largest absolute Gasteiger partial charge is 0.508 e. The molecule has 3 fully saturated rings. The van der Waals surface area contributed by atoms with Crippen molar-refractivity contribution >= 4 is 5.78 Å². The van der Waals surface area contributed by atoms with Gasteiger partial charge in [0.1, 0.15) is 11.5 Å². The number of hydrogen-bond acceptors (Lipinski definition) is 4. The predicted octanol–water partition coefficient (Wildman–Crippen LogP) is 6.57. The predicted molar refractivity (Wildman–Crippen MR) is 137 cm³/mol. The number of carbonyl (C=O) groups is 1. The molecule has 0 bridgehead atoms. The first-order valence-electron chi connectivity index (χ1n) is 13.6. The maximum absolute atomic E-state index is 12.5. The molecule has 8 unspecified atom stereocenters. The van der Waals surface area contributed by atoms with E-state index in [1.807, 2.05) is 12.1 Å². The number of aromatic hydroxyl groups is 1. The van der Waals surface area contributed by atoms with Gasteiger partial charge in [0.2, 0.25) is 0 Å². The molecule has 35 heavy (non-hydrogen) atoms. The highest BCUT2D eigenvalue weighted by molar-refractivity contribution is 5.79. The number of carbonyl (C=O) groups excluding carboxylic acids is 1. The molecule has 3 saturated carbocycles. The Kier molecular flexibility index (Phi) is 6.29. The molecule has 2 N–H and O–H groups in total. The Morgan fingerprint density at radius 1 is 1.11 bits per heavy atom. The summed E-state index contributed by atoms with van der Waals surface area (Å²) in [5.74, 6) is 1.81. The summed E-state index contributed by atoms with van der Waals surface area (Å²) in [7, 11) is 0. The van der Waals surface area contributed by atoms with Gasteiger partial charge in [-0.1, -0.05) is 43.7 Å². The molecule has 4 aliphatic carbocycles. The Labute approximate surface area is 210 Å². The van der Waals surface area contributed by atoms with E-state index in [0.717, 1.165) is 44.1 Å². The van der Waals surface area contributed by atoms with Crippen LogP contribution in [0, 0.1) is 40.4 Å². The molecular formula is C31H42O4. The first kappa shape index (κ1) is 24.8. The molecule has 8 atom stereocenters. The molecule has 0 radical (unpaired) electrons. The zero-order valence-corrected chi connectivity index (χ0v) is 21.6. The zero-order valence-electron chi connectivity index (χ0n) is 21.6. The maximum Gasteiger partial charge on any atom is 0.169 e. The molecule has 190 valence electrons. The van der Waals surface area contributed by atoms with E-state index in [0.29, 0.717) is 48.9 Å². The molecule has 0 spiro atoms. The van der Waals surface area contributed by atoms with Crippen molar-refractivity contribution in [3.05, 3.63) is 54.1 Å². The van der Waals surface area contributed by atoms with Gasteiger partial charge in [-0.3, -0.25) is 4.79 Å². The first-order chi connectivity index (χ1) is 16.6. The molecule has 4 heteroatoms. The van der Waals surface area contributed by atoms with E-state index >= 15 is 0 Å². The standard InChI is InChI=1S/C31H42O4/c1-5-6-22-17-23-18-31(34,35-19-21-7-9-24(33)10-8-21)16-15-29(23,3)27-13-14-30(4)25(20(2)32)11-12-26(30)28(22)27/h5,7-10,17,22,25-28,33-34H,1,6,11-16,18-19H2,2-4H3. The summed E-state index contributed by atoms with van der Waals surface area (Å²) < 4.78 is 6.12. The lowest BCUT2D eigenvalue weighted by Crippen LogP contribution is -2.55. The van der Waals surface area contributed by atoms with Crippen LogP contribution in [0.3, 0.4) is 0 Å². The van der Waals surface area contributed by atoms with Crippen LogP contribution < -0.4 is 0 Å². The van der Waals surface area contributed by atoms with Crippen LogP contribution in [-0.2, 0) is 16.1 Å². The van der Waals surface area contributed by atoms with Crippen molar-refractivity contribution in [3.63, 3.8) is 0 Å². The molecule has 5 rings (SSSR count). The number of hydrogen-bond donors (Lipinski definition) is 2. The summed E-state index contributed by atoms with van der Waals surface area (Å²) in [6.07, 6.45) is 12.1. The van der Waals surface area contributed by atoms with Gasteiger partial charge in [0.05, 0.1) is 6.61 Å². The Morgan fingerprint density at radius 3 is 2.54 bits per heavy atom. The van der Waals surface area contributed by atoms with E-state index in [4.69, 9.17) is 4.74 Å². The molecule has 1 aromatic carbocycles. The van der Waals surface area contributed by atoms with Crippen molar-refractivity contribution in [1.29, 1.82) is 0 Å². The third kappa shape index (κ3) is 4.11. The second-order valence-corrected chi connectivity index (χ2v) is 12.5. The van der Waals surface area contributed by atoms with Crippen molar-refractivity contribution in [2.75, 3.05) is 0 Å². The summed E-state index contributed by atoms with van der Waals surface area (Å²) in [6.45, 7) is 11.0. The summed E-state index contributed by atoms with van der Waals surface area (Å²) in [4.78, 5) is 12.5. The zero-order chi connectivity index (χ0) is 25.0. The topological polar surface area (TPSA) is 66.8 Å². The van der Waals surface area contributed by atoms with Crippen LogP contribution >= 0.6 is 0 Å². The van der Waals surface area contributed by atoms with Gasteiger partial charge in [-0.2, -0.15) is 0 Å².